The molecule has 1 aliphatic heterocycles. The average Bonchev–Trinajstić information content (AvgIpc) is 2.91. The van der Waals surface area contributed by atoms with Gasteiger partial charge in [0.2, 0.25) is 0 Å². The lowest BCUT2D eigenvalue weighted by Gasteiger charge is -2.20. The van der Waals surface area contributed by atoms with Gasteiger partial charge < -0.3 is 14.7 Å². The number of β-amino-alcohol motifs (C(OH)–C–C–N with tert-alkyl or cyclic N) is 1. The molecule has 0 radical (unpaired) electrons. The molecule has 1 N–H and O–H groups in total. The van der Waals surface area contributed by atoms with Crippen LogP contribution in [0.4, 0.5) is 0 Å². The number of hydrogen-bond donors (Lipinski definition) is 1. The maximum Gasteiger partial charge on any atom is 0.260 e. The lowest BCUT2D eigenvalue weighted by atomic mass is 9.95. The van der Waals surface area contributed by atoms with Crippen LogP contribution in [-0.2, 0) is 17.6 Å². The van der Waals surface area contributed by atoms with Crippen molar-refractivity contribution in [2.24, 2.45) is 0 Å². The minimum Gasteiger partial charge on any atom is -0.483 e. The van der Waals surface area contributed by atoms with E-state index in [1.54, 1.807) is 11.1 Å². The predicted octanol–water partition coefficient (Wildman–Crippen LogP) is 0.932. The van der Waals surface area contributed by atoms with Crippen molar-refractivity contribution < 1.29 is 14.6 Å². The summed E-state index contributed by atoms with van der Waals surface area (Å²) >= 11 is 0. The van der Waals surface area contributed by atoms with Gasteiger partial charge in [0.05, 0.1) is 6.10 Å². The van der Waals surface area contributed by atoms with E-state index in [-0.39, 0.29) is 18.6 Å². The van der Waals surface area contributed by atoms with Crippen LogP contribution < -0.4 is 4.74 Å². The van der Waals surface area contributed by atoms with Crippen molar-refractivity contribution in [2.45, 2.75) is 38.2 Å². The van der Waals surface area contributed by atoms with E-state index >= 15 is 0 Å². The molecule has 0 saturated carbocycles. The van der Waals surface area contributed by atoms with E-state index in [1.165, 1.54) is 6.42 Å². The summed E-state index contributed by atoms with van der Waals surface area (Å²) in [4.78, 5) is 18.1. The molecular formula is C15H20N2O3. The van der Waals surface area contributed by atoms with Crippen LogP contribution in [0.2, 0.25) is 0 Å². The number of amides is 1. The number of aryl methyl sites for hydroxylation is 1. The summed E-state index contributed by atoms with van der Waals surface area (Å²) in [5.74, 6) is 0.741. The molecule has 0 bridgehead atoms. The van der Waals surface area contributed by atoms with E-state index < -0.39 is 0 Å². The summed E-state index contributed by atoms with van der Waals surface area (Å²) in [7, 11) is 0. The van der Waals surface area contributed by atoms with Gasteiger partial charge in [-0.25, -0.2) is 0 Å². The fourth-order valence-electron chi connectivity index (χ4n) is 2.93. The monoisotopic (exact) mass is 276 g/mol. The van der Waals surface area contributed by atoms with Gasteiger partial charge in [-0.3, -0.25) is 9.78 Å². The minimum atomic E-state index is -0.382. The van der Waals surface area contributed by atoms with E-state index in [1.807, 2.05) is 6.07 Å². The summed E-state index contributed by atoms with van der Waals surface area (Å²) in [6.45, 7) is 1.09. The third-order valence-corrected chi connectivity index (χ3v) is 4.06. The topological polar surface area (TPSA) is 62.7 Å². The van der Waals surface area contributed by atoms with Gasteiger partial charge in [-0.2, -0.15) is 0 Å². The summed E-state index contributed by atoms with van der Waals surface area (Å²) in [5, 5.41) is 9.45. The predicted molar refractivity (Wildman–Crippen MR) is 73.6 cm³/mol. The van der Waals surface area contributed by atoms with Gasteiger partial charge in [0, 0.05) is 30.5 Å². The van der Waals surface area contributed by atoms with E-state index in [4.69, 9.17) is 4.74 Å². The number of rotatable bonds is 3. The Kier molecular flexibility index (Phi) is 3.87. The zero-order chi connectivity index (χ0) is 13.9. The number of aromatic nitrogens is 1. The number of fused-ring (bicyclic) bond motifs is 1. The van der Waals surface area contributed by atoms with Crippen LogP contribution in [0.5, 0.6) is 5.75 Å². The molecule has 1 aromatic heterocycles. The Balaban J connectivity index is 1.62. The summed E-state index contributed by atoms with van der Waals surface area (Å²) in [6, 6.07) is 1.84. The second kappa shape index (κ2) is 5.79. The van der Waals surface area contributed by atoms with Gasteiger partial charge in [0.25, 0.3) is 5.91 Å². The minimum absolute atomic E-state index is 0.0448. The molecule has 1 aromatic rings. The van der Waals surface area contributed by atoms with Crippen molar-refractivity contribution in [1.29, 1.82) is 0 Å². The first-order valence-corrected chi connectivity index (χ1v) is 7.29. The van der Waals surface area contributed by atoms with Crippen molar-refractivity contribution in [3.05, 3.63) is 23.5 Å². The van der Waals surface area contributed by atoms with Crippen molar-refractivity contribution >= 4 is 5.91 Å². The summed E-state index contributed by atoms with van der Waals surface area (Å²) < 4.78 is 5.70. The van der Waals surface area contributed by atoms with Crippen LogP contribution in [0.15, 0.2) is 12.3 Å². The molecule has 0 spiro atoms. The zero-order valence-corrected chi connectivity index (χ0v) is 11.5. The highest BCUT2D eigenvalue weighted by molar-refractivity contribution is 5.78. The first-order valence-electron chi connectivity index (χ1n) is 7.29. The molecule has 3 rings (SSSR count). The Labute approximate surface area is 118 Å². The molecular weight excluding hydrogens is 256 g/mol. The Morgan fingerprint density at radius 3 is 3.10 bits per heavy atom. The van der Waals surface area contributed by atoms with E-state index in [0.29, 0.717) is 19.5 Å². The summed E-state index contributed by atoms with van der Waals surface area (Å²) in [6.07, 6.45) is 6.34. The number of hydrogen-bond acceptors (Lipinski definition) is 4. The van der Waals surface area contributed by atoms with Crippen molar-refractivity contribution in [3.63, 3.8) is 0 Å². The average molecular weight is 276 g/mol. The molecule has 1 aliphatic carbocycles. The van der Waals surface area contributed by atoms with E-state index in [2.05, 4.69) is 4.98 Å². The van der Waals surface area contributed by atoms with Gasteiger partial charge in [0.1, 0.15) is 5.75 Å². The number of aliphatic hydroxyl groups is 1. The highest BCUT2D eigenvalue weighted by Gasteiger charge is 2.25. The van der Waals surface area contributed by atoms with Crippen molar-refractivity contribution in [1.82, 2.24) is 9.88 Å². The smallest absolute Gasteiger partial charge is 0.260 e. The second-order valence-corrected chi connectivity index (χ2v) is 5.51. The molecule has 1 fully saturated rings. The molecule has 2 heterocycles. The molecule has 5 heteroatoms. The fraction of sp³-hybridized carbons (Fsp3) is 0.600. The molecule has 1 atom stereocenters. The third-order valence-electron chi connectivity index (χ3n) is 4.06. The maximum atomic E-state index is 12.0. The van der Waals surface area contributed by atoms with Crippen LogP contribution in [-0.4, -0.2) is 46.7 Å². The zero-order valence-electron chi connectivity index (χ0n) is 11.5. The molecule has 1 amide bonds. The Morgan fingerprint density at radius 2 is 2.30 bits per heavy atom. The molecule has 0 aromatic carbocycles. The molecule has 5 nitrogen and oxygen atoms in total. The SMILES string of the molecule is O=C(COc1ccnc2c1CCCC2)N1CCC(O)C1. The van der Waals surface area contributed by atoms with Crippen LogP contribution >= 0.6 is 0 Å². The van der Waals surface area contributed by atoms with Crippen LogP contribution in [0, 0.1) is 0 Å². The quantitative estimate of drug-likeness (QED) is 0.892. The number of likely N-dealkylation sites (tertiary alicyclic amines) is 1. The Hall–Kier alpha value is -1.62. The van der Waals surface area contributed by atoms with Crippen LogP contribution in [0.25, 0.3) is 0 Å². The Bertz CT molecular complexity index is 504. The van der Waals surface area contributed by atoms with E-state index in [9.17, 15) is 9.90 Å². The highest BCUT2D eigenvalue weighted by atomic mass is 16.5. The molecule has 108 valence electrons. The molecule has 1 unspecified atom stereocenters. The van der Waals surface area contributed by atoms with Gasteiger partial charge in [-0.05, 0) is 38.2 Å². The number of aliphatic hydroxyl groups excluding tert-OH is 1. The molecule has 1 saturated heterocycles. The number of pyridine rings is 1. The highest BCUT2D eigenvalue weighted by Crippen LogP contribution is 2.27. The fourth-order valence-corrected chi connectivity index (χ4v) is 2.93. The summed E-state index contributed by atoms with van der Waals surface area (Å²) in [5.41, 5.74) is 2.27. The number of carbonyl (C=O) groups is 1. The normalized spacial score (nSPS) is 21.6. The lowest BCUT2D eigenvalue weighted by molar-refractivity contribution is -0.132. The van der Waals surface area contributed by atoms with Crippen molar-refractivity contribution in [2.75, 3.05) is 19.7 Å². The molecule has 2 aliphatic rings. The Morgan fingerprint density at radius 1 is 1.45 bits per heavy atom. The third kappa shape index (κ3) is 2.77. The second-order valence-electron chi connectivity index (χ2n) is 5.51. The maximum absolute atomic E-state index is 12.0. The van der Waals surface area contributed by atoms with Gasteiger partial charge in [-0.15, -0.1) is 0 Å². The largest absolute Gasteiger partial charge is 0.483 e. The van der Waals surface area contributed by atoms with Crippen LogP contribution in [0.1, 0.15) is 30.5 Å². The van der Waals surface area contributed by atoms with Gasteiger partial charge >= 0.3 is 0 Å². The lowest BCUT2D eigenvalue weighted by Crippen LogP contribution is -2.33. The number of carbonyl (C=O) groups excluding carboxylic acids is 1. The van der Waals surface area contributed by atoms with Crippen molar-refractivity contribution in [3.8, 4) is 5.75 Å². The standard InChI is InChI=1S/C15H20N2O3/c18-11-6-8-17(9-11)15(19)10-20-14-5-7-16-13-4-2-1-3-12(13)14/h5,7,11,18H,1-4,6,8-10H2. The van der Waals surface area contributed by atoms with E-state index in [0.717, 1.165) is 36.3 Å². The van der Waals surface area contributed by atoms with Crippen LogP contribution in [0.3, 0.4) is 0 Å². The molecule has 20 heavy (non-hydrogen) atoms. The number of nitrogens with zero attached hydrogens (tertiary/aromatic N) is 2. The van der Waals surface area contributed by atoms with Gasteiger partial charge in [0.15, 0.2) is 6.61 Å². The number of ether oxygens (including phenoxy) is 1. The first-order chi connectivity index (χ1) is 9.74. The first kappa shape index (κ1) is 13.4. The van der Waals surface area contributed by atoms with Gasteiger partial charge in [-0.1, -0.05) is 0 Å².